The molecule has 0 fully saturated rings. The molecule has 0 atom stereocenters. The molecule has 21 heavy (non-hydrogen) atoms. The summed E-state index contributed by atoms with van der Waals surface area (Å²) in [7, 11) is 2.74. The summed E-state index contributed by atoms with van der Waals surface area (Å²) in [6, 6.07) is 5.63. The minimum atomic E-state index is -0.519. The minimum absolute atomic E-state index is 0.138. The third-order valence-electron chi connectivity index (χ3n) is 2.55. The largest absolute Gasteiger partial charge is 0.490 e. The molecule has 0 aliphatic heterocycles. The van der Waals surface area contributed by atoms with Gasteiger partial charge in [0.05, 0.1) is 24.4 Å². The lowest BCUT2D eigenvalue weighted by molar-refractivity contribution is -0.139. The molecule has 0 heterocycles. The summed E-state index contributed by atoms with van der Waals surface area (Å²) in [6.45, 7) is 3.62. The first-order chi connectivity index (χ1) is 10.1. The Balaban J connectivity index is 2.85. The third kappa shape index (κ3) is 5.92. The zero-order valence-electron chi connectivity index (χ0n) is 12.3. The van der Waals surface area contributed by atoms with Crippen molar-refractivity contribution in [3.63, 3.8) is 0 Å². The molecule has 5 nitrogen and oxygen atoms in total. The van der Waals surface area contributed by atoms with Crippen LogP contribution in [0.3, 0.4) is 0 Å². The van der Waals surface area contributed by atoms with Crippen LogP contribution in [0.1, 0.15) is 12.5 Å². The van der Waals surface area contributed by atoms with Gasteiger partial charge in [-0.25, -0.2) is 4.79 Å². The van der Waals surface area contributed by atoms with Crippen molar-refractivity contribution >= 4 is 34.6 Å². The average molecular weight is 406 g/mol. The van der Waals surface area contributed by atoms with Crippen LogP contribution in [0.5, 0.6) is 5.75 Å². The molecule has 0 aromatic heterocycles. The molecule has 0 bridgehead atoms. The summed E-state index contributed by atoms with van der Waals surface area (Å²) in [6.07, 6.45) is 1.61. The van der Waals surface area contributed by atoms with Crippen molar-refractivity contribution in [1.29, 1.82) is 0 Å². The van der Waals surface area contributed by atoms with Crippen LogP contribution in [0.15, 0.2) is 24.0 Å². The van der Waals surface area contributed by atoms with E-state index in [1.165, 1.54) is 14.2 Å². The Morgan fingerprint density at radius 1 is 1.24 bits per heavy atom. The van der Waals surface area contributed by atoms with Crippen molar-refractivity contribution in [2.45, 2.75) is 6.92 Å². The number of hydrogen-bond donors (Lipinski definition) is 0. The van der Waals surface area contributed by atoms with Gasteiger partial charge in [0.15, 0.2) is 0 Å². The Hall–Kier alpha value is -1.28. The smallest absolute Gasteiger partial charge is 0.373 e. The second-order valence-corrected chi connectivity index (χ2v) is 5.10. The molecular formula is C15H19IO5. The lowest BCUT2D eigenvalue weighted by Crippen LogP contribution is -2.07. The maximum atomic E-state index is 11.5. The molecular weight excluding hydrogens is 387 g/mol. The summed E-state index contributed by atoms with van der Waals surface area (Å²) >= 11 is 2.19. The monoisotopic (exact) mass is 406 g/mol. The number of rotatable bonds is 8. The predicted octanol–water partition coefficient (Wildman–Crippen LogP) is 2.87. The van der Waals surface area contributed by atoms with Gasteiger partial charge in [0.1, 0.15) is 12.4 Å². The van der Waals surface area contributed by atoms with Crippen LogP contribution < -0.4 is 4.74 Å². The summed E-state index contributed by atoms with van der Waals surface area (Å²) in [5, 5.41) is 0. The lowest BCUT2D eigenvalue weighted by atomic mass is 10.2. The van der Waals surface area contributed by atoms with Crippen LogP contribution in [-0.2, 0) is 19.0 Å². The second-order valence-electron chi connectivity index (χ2n) is 3.94. The van der Waals surface area contributed by atoms with E-state index >= 15 is 0 Å². The number of carbonyl (C=O) groups excluding carboxylic acids is 1. The van der Waals surface area contributed by atoms with Gasteiger partial charge < -0.3 is 18.9 Å². The van der Waals surface area contributed by atoms with E-state index in [4.69, 9.17) is 14.2 Å². The molecule has 0 unspecified atom stereocenters. The molecule has 0 aliphatic rings. The SMILES string of the molecule is CCOCCOc1cc(C=C(OC)C(=O)OC)ccc1I. The van der Waals surface area contributed by atoms with Crippen LogP contribution in [0.2, 0.25) is 0 Å². The molecule has 0 saturated carbocycles. The zero-order valence-corrected chi connectivity index (χ0v) is 14.5. The third-order valence-corrected chi connectivity index (χ3v) is 3.44. The van der Waals surface area contributed by atoms with Crippen molar-refractivity contribution in [2.24, 2.45) is 0 Å². The van der Waals surface area contributed by atoms with Crippen LogP contribution in [0.25, 0.3) is 6.08 Å². The fraction of sp³-hybridized carbons (Fsp3) is 0.400. The van der Waals surface area contributed by atoms with E-state index in [1.54, 1.807) is 6.08 Å². The molecule has 6 heteroatoms. The van der Waals surface area contributed by atoms with E-state index in [2.05, 4.69) is 27.3 Å². The van der Waals surface area contributed by atoms with Crippen LogP contribution in [-0.4, -0.2) is 40.0 Å². The summed E-state index contributed by atoms with van der Waals surface area (Å²) in [5.41, 5.74) is 0.795. The first-order valence-electron chi connectivity index (χ1n) is 6.46. The Labute approximate surface area is 138 Å². The zero-order chi connectivity index (χ0) is 15.7. The highest BCUT2D eigenvalue weighted by Gasteiger charge is 2.10. The van der Waals surface area contributed by atoms with Gasteiger partial charge in [-0.05, 0) is 53.3 Å². The maximum Gasteiger partial charge on any atom is 0.373 e. The molecule has 0 aliphatic carbocycles. The Bertz CT molecular complexity index is 499. The lowest BCUT2D eigenvalue weighted by Gasteiger charge is -2.10. The Morgan fingerprint density at radius 2 is 2.00 bits per heavy atom. The van der Waals surface area contributed by atoms with E-state index in [0.29, 0.717) is 19.8 Å². The second kappa shape index (κ2) is 9.62. The highest BCUT2D eigenvalue weighted by atomic mass is 127. The van der Waals surface area contributed by atoms with Crippen molar-refractivity contribution in [3.8, 4) is 5.75 Å². The number of esters is 1. The van der Waals surface area contributed by atoms with Gasteiger partial charge in [-0.1, -0.05) is 6.07 Å². The van der Waals surface area contributed by atoms with E-state index in [1.807, 2.05) is 25.1 Å². The molecule has 0 amide bonds. The molecule has 1 rings (SSSR count). The first kappa shape index (κ1) is 17.8. The number of ether oxygens (including phenoxy) is 4. The van der Waals surface area contributed by atoms with E-state index in [0.717, 1.165) is 14.9 Å². The summed E-state index contributed by atoms with van der Waals surface area (Å²) < 4.78 is 21.5. The van der Waals surface area contributed by atoms with E-state index < -0.39 is 5.97 Å². The Morgan fingerprint density at radius 3 is 2.62 bits per heavy atom. The Kier molecular flexibility index (Phi) is 8.14. The van der Waals surface area contributed by atoms with Crippen molar-refractivity contribution in [1.82, 2.24) is 0 Å². The van der Waals surface area contributed by atoms with Gasteiger partial charge in [0.25, 0.3) is 0 Å². The minimum Gasteiger partial charge on any atom is -0.490 e. The predicted molar refractivity (Wildman–Crippen MR) is 88.1 cm³/mol. The van der Waals surface area contributed by atoms with Gasteiger partial charge in [-0.15, -0.1) is 0 Å². The van der Waals surface area contributed by atoms with E-state index in [-0.39, 0.29) is 5.76 Å². The quantitative estimate of drug-likeness (QED) is 0.219. The van der Waals surface area contributed by atoms with Gasteiger partial charge in [0, 0.05) is 6.61 Å². The molecule has 1 aromatic rings. The first-order valence-corrected chi connectivity index (χ1v) is 7.54. The van der Waals surface area contributed by atoms with Gasteiger partial charge in [-0.2, -0.15) is 0 Å². The molecule has 0 saturated heterocycles. The number of benzene rings is 1. The van der Waals surface area contributed by atoms with Gasteiger partial charge >= 0.3 is 5.97 Å². The maximum absolute atomic E-state index is 11.5. The molecule has 0 radical (unpaired) electrons. The summed E-state index contributed by atoms with van der Waals surface area (Å²) in [5.74, 6) is 0.359. The normalized spacial score (nSPS) is 11.1. The number of hydrogen-bond acceptors (Lipinski definition) is 5. The highest BCUT2D eigenvalue weighted by Crippen LogP contribution is 2.24. The van der Waals surface area contributed by atoms with Crippen LogP contribution in [0.4, 0.5) is 0 Å². The van der Waals surface area contributed by atoms with Crippen molar-refractivity contribution < 1.29 is 23.7 Å². The number of methoxy groups -OCH3 is 2. The topological polar surface area (TPSA) is 54.0 Å². The molecule has 1 aromatic carbocycles. The van der Waals surface area contributed by atoms with E-state index in [9.17, 15) is 4.79 Å². The van der Waals surface area contributed by atoms with Gasteiger partial charge in [0.2, 0.25) is 5.76 Å². The fourth-order valence-corrected chi connectivity index (χ4v) is 2.02. The molecule has 0 N–H and O–H groups in total. The van der Waals surface area contributed by atoms with Crippen LogP contribution in [0, 0.1) is 3.57 Å². The van der Waals surface area contributed by atoms with Crippen LogP contribution >= 0.6 is 22.6 Å². The average Bonchev–Trinajstić information content (AvgIpc) is 2.50. The standard InChI is InChI=1S/C15H19IO5/c1-4-20-7-8-21-13-9-11(5-6-12(13)16)10-14(18-2)15(17)19-3/h5-6,9-10H,4,7-8H2,1-3H3. The number of carbonyl (C=O) groups is 1. The molecule has 116 valence electrons. The van der Waals surface area contributed by atoms with Crippen molar-refractivity contribution in [3.05, 3.63) is 33.1 Å². The number of halogens is 1. The molecule has 0 spiro atoms. The highest BCUT2D eigenvalue weighted by molar-refractivity contribution is 14.1. The van der Waals surface area contributed by atoms with Crippen molar-refractivity contribution in [2.75, 3.05) is 34.0 Å². The van der Waals surface area contributed by atoms with Gasteiger partial charge in [-0.3, -0.25) is 0 Å². The summed E-state index contributed by atoms with van der Waals surface area (Å²) in [4.78, 5) is 11.5. The fourth-order valence-electron chi connectivity index (χ4n) is 1.53.